The van der Waals surface area contributed by atoms with Crippen LogP contribution in [0.15, 0.2) is 0 Å². The van der Waals surface area contributed by atoms with Crippen LogP contribution in [0.2, 0.25) is 0 Å². The molecule has 0 amide bonds. The predicted molar refractivity (Wildman–Crippen MR) is 32.3 cm³/mol. The van der Waals surface area contributed by atoms with Gasteiger partial charge in [-0.25, -0.2) is 0 Å². The normalized spacial score (nSPS) is 15.0. The summed E-state index contributed by atoms with van der Waals surface area (Å²) < 4.78 is 13.0. The molecule has 0 aromatic rings. The van der Waals surface area contributed by atoms with Crippen molar-refractivity contribution in [1.29, 1.82) is 0 Å². The molecule has 0 spiro atoms. The molecule has 0 aromatic carbocycles. The van der Waals surface area contributed by atoms with Crippen LogP contribution in [0.4, 0.5) is 0 Å². The van der Waals surface area contributed by atoms with Crippen molar-refractivity contribution in [3.63, 3.8) is 0 Å². The summed E-state index contributed by atoms with van der Waals surface area (Å²) in [6, 6.07) is 0.325. The maximum atomic E-state index is 10.3. The molecule has 1 N–H and O–H groups in total. The van der Waals surface area contributed by atoms with E-state index in [4.69, 9.17) is 0 Å². The third kappa shape index (κ3) is 6.27. The largest absolute Gasteiger partial charge is 0.598 e. The first-order chi connectivity index (χ1) is 3.13. The molecular weight excluding hydrogens is 110 g/mol. The Labute approximate surface area is 47.6 Å². The molecule has 3 heteroatoms. The average molecular weight is 121 g/mol. The molecule has 0 aliphatic carbocycles. The summed E-state index contributed by atoms with van der Waals surface area (Å²) in [6.45, 7) is 3.92. The molecule has 0 saturated heterocycles. The van der Waals surface area contributed by atoms with Gasteiger partial charge in [0.1, 0.15) is 6.26 Å². The fraction of sp³-hybridized carbons (Fsp3) is 1.00. The van der Waals surface area contributed by atoms with Gasteiger partial charge >= 0.3 is 0 Å². The summed E-state index contributed by atoms with van der Waals surface area (Å²) in [5, 5.41) is 0. The molecule has 0 radical (unpaired) electrons. The Kier molecular flexibility index (Phi) is 3.42. The summed E-state index contributed by atoms with van der Waals surface area (Å²) in [6.07, 6.45) is 1.62. The highest BCUT2D eigenvalue weighted by Crippen LogP contribution is 1.79. The summed E-state index contributed by atoms with van der Waals surface area (Å²) >= 11 is -0.846. The monoisotopic (exact) mass is 121 g/mol. The van der Waals surface area contributed by atoms with Crippen molar-refractivity contribution < 1.29 is 4.55 Å². The molecule has 0 rings (SSSR count). The first kappa shape index (κ1) is 7.27. The van der Waals surface area contributed by atoms with Crippen molar-refractivity contribution in [2.75, 3.05) is 6.26 Å². The van der Waals surface area contributed by atoms with E-state index in [2.05, 4.69) is 4.72 Å². The fourth-order valence-corrected chi connectivity index (χ4v) is 0.996. The summed E-state index contributed by atoms with van der Waals surface area (Å²) in [5.41, 5.74) is 0. The second kappa shape index (κ2) is 3.29. The lowest BCUT2D eigenvalue weighted by atomic mass is 10.4. The second-order valence-electron chi connectivity index (χ2n) is 1.73. The van der Waals surface area contributed by atoms with E-state index < -0.39 is 11.4 Å². The molecule has 0 fully saturated rings. The van der Waals surface area contributed by atoms with Crippen LogP contribution in [0.5, 0.6) is 0 Å². The zero-order chi connectivity index (χ0) is 5.86. The van der Waals surface area contributed by atoms with Crippen LogP contribution in [0.1, 0.15) is 13.8 Å². The standard InChI is InChI=1S/C4H11NOS/c1-4(2)5-7(3)6/h4-5H,1-3H3. The van der Waals surface area contributed by atoms with Gasteiger partial charge in [-0.05, 0) is 13.8 Å². The van der Waals surface area contributed by atoms with Gasteiger partial charge in [0.05, 0.1) is 0 Å². The van der Waals surface area contributed by atoms with Gasteiger partial charge in [0.2, 0.25) is 0 Å². The third-order valence-electron chi connectivity index (χ3n) is 0.402. The number of hydrogen-bond donors (Lipinski definition) is 1. The van der Waals surface area contributed by atoms with Crippen molar-refractivity contribution in [1.82, 2.24) is 4.72 Å². The topological polar surface area (TPSA) is 35.1 Å². The van der Waals surface area contributed by atoms with Crippen LogP contribution in [-0.2, 0) is 11.4 Å². The van der Waals surface area contributed by atoms with Gasteiger partial charge in [-0.1, -0.05) is 0 Å². The van der Waals surface area contributed by atoms with Crippen molar-refractivity contribution >= 4 is 11.4 Å². The van der Waals surface area contributed by atoms with Gasteiger partial charge in [0, 0.05) is 17.4 Å². The van der Waals surface area contributed by atoms with Crippen molar-refractivity contribution in [3.05, 3.63) is 0 Å². The van der Waals surface area contributed by atoms with E-state index in [1.807, 2.05) is 13.8 Å². The lowest BCUT2D eigenvalue weighted by Gasteiger charge is -2.07. The van der Waals surface area contributed by atoms with Crippen LogP contribution in [-0.4, -0.2) is 16.9 Å². The number of nitrogens with one attached hydrogen (secondary N) is 1. The minimum absolute atomic E-state index is 0.325. The van der Waals surface area contributed by atoms with Crippen LogP contribution >= 0.6 is 0 Å². The zero-order valence-electron chi connectivity index (χ0n) is 4.89. The van der Waals surface area contributed by atoms with E-state index in [9.17, 15) is 4.55 Å². The van der Waals surface area contributed by atoms with Crippen LogP contribution in [0.3, 0.4) is 0 Å². The molecule has 1 unspecified atom stereocenters. The maximum absolute atomic E-state index is 10.3. The lowest BCUT2D eigenvalue weighted by molar-refractivity contribution is 0.575. The highest BCUT2D eigenvalue weighted by atomic mass is 32.2. The molecule has 0 saturated carbocycles. The molecule has 0 bridgehead atoms. The van der Waals surface area contributed by atoms with Gasteiger partial charge < -0.3 is 4.55 Å². The first-order valence-corrected chi connectivity index (χ1v) is 3.78. The predicted octanol–water partition coefficient (Wildman–Crippen LogP) is 0.278. The van der Waals surface area contributed by atoms with E-state index in [1.165, 1.54) is 0 Å². The zero-order valence-corrected chi connectivity index (χ0v) is 5.71. The maximum Gasteiger partial charge on any atom is 0.115 e. The summed E-state index contributed by atoms with van der Waals surface area (Å²) in [4.78, 5) is 0. The smallest absolute Gasteiger partial charge is 0.115 e. The number of rotatable bonds is 2. The Hall–Kier alpha value is 0.270. The lowest BCUT2D eigenvalue weighted by Crippen LogP contribution is -2.28. The Morgan fingerprint density at radius 3 is 2.00 bits per heavy atom. The summed E-state index contributed by atoms with van der Waals surface area (Å²) in [7, 11) is 0. The van der Waals surface area contributed by atoms with E-state index in [0.717, 1.165) is 0 Å². The van der Waals surface area contributed by atoms with E-state index >= 15 is 0 Å². The molecule has 0 aromatic heterocycles. The molecule has 0 heterocycles. The Balaban J connectivity index is 2.95. The molecular formula is C4H11NOS. The van der Waals surface area contributed by atoms with Crippen LogP contribution in [0.25, 0.3) is 0 Å². The molecule has 44 valence electrons. The quantitative estimate of drug-likeness (QED) is 0.532. The van der Waals surface area contributed by atoms with Gasteiger partial charge in [-0.3, -0.25) is 0 Å². The van der Waals surface area contributed by atoms with Crippen molar-refractivity contribution in [2.45, 2.75) is 19.9 Å². The molecule has 7 heavy (non-hydrogen) atoms. The Morgan fingerprint density at radius 2 is 2.00 bits per heavy atom. The first-order valence-electron chi connectivity index (χ1n) is 2.22. The van der Waals surface area contributed by atoms with Gasteiger partial charge in [-0.15, -0.1) is 4.72 Å². The highest BCUT2D eigenvalue weighted by molar-refractivity contribution is 7.88. The highest BCUT2D eigenvalue weighted by Gasteiger charge is 1.96. The second-order valence-corrected chi connectivity index (χ2v) is 2.87. The van der Waals surface area contributed by atoms with Gasteiger partial charge in [0.15, 0.2) is 0 Å². The van der Waals surface area contributed by atoms with Crippen LogP contribution in [0, 0.1) is 0 Å². The van der Waals surface area contributed by atoms with Crippen molar-refractivity contribution in [3.8, 4) is 0 Å². The summed E-state index contributed by atoms with van der Waals surface area (Å²) in [5.74, 6) is 0. The molecule has 2 nitrogen and oxygen atoms in total. The Bertz CT molecular complexity index is 41.0. The molecule has 1 atom stereocenters. The van der Waals surface area contributed by atoms with E-state index in [-0.39, 0.29) is 0 Å². The SMILES string of the molecule is CC(C)N[S+](C)[O-]. The fourth-order valence-electron chi connectivity index (χ4n) is 0.332. The molecule has 0 aliphatic heterocycles. The van der Waals surface area contributed by atoms with Crippen molar-refractivity contribution in [2.24, 2.45) is 0 Å². The minimum Gasteiger partial charge on any atom is -0.598 e. The van der Waals surface area contributed by atoms with Crippen LogP contribution < -0.4 is 4.72 Å². The van der Waals surface area contributed by atoms with E-state index in [1.54, 1.807) is 6.26 Å². The molecule has 0 aliphatic rings. The van der Waals surface area contributed by atoms with Gasteiger partial charge in [-0.2, -0.15) is 0 Å². The average Bonchev–Trinajstić information content (AvgIpc) is 1.27. The Morgan fingerprint density at radius 1 is 1.57 bits per heavy atom. The van der Waals surface area contributed by atoms with E-state index in [0.29, 0.717) is 6.04 Å². The minimum atomic E-state index is -0.846. The number of hydrogen-bond acceptors (Lipinski definition) is 2. The third-order valence-corrected chi connectivity index (χ3v) is 1.20. The van der Waals surface area contributed by atoms with Gasteiger partial charge in [0.25, 0.3) is 0 Å².